The molecule has 0 atom stereocenters. The van der Waals surface area contributed by atoms with E-state index in [9.17, 15) is 4.79 Å². The monoisotopic (exact) mass is 213 g/mol. The van der Waals surface area contributed by atoms with Crippen LogP contribution in [-0.2, 0) is 4.79 Å². The van der Waals surface area contributed by atoms with E-state index >= 15 is 0 Å². The molecular formula is C11H23N3O. The van der Waals surface area contributed by atoms with Gasteiger partial charge in [0.15, 0.2) is 0 Å². The second-order valence-corrected chi connectivity index (χ2v) is 5.34. The summed E-state index contributed by atoms with van der Waals surface area (Å²) < 4.78 is 0. The highest BCUT2D eigenvalue weighted by Gasteiger charge is 2.22. The maximum Gasteiger partial charge on any atom is 0.226 e. The molecule has 0 aromatic heterocycles. The van der Waals surface area contributed by atoms with Gasteiger partial charge in [0.1, 0.15) is 0 Å². The number of rotatable bonds is 2. The lowest BCUT2D eigenvalue weighted by Crippen LogP contribution is -2.50. The van der Waals surface area contributed by atoms with Crippen molar-refractivity contribution in [1.29, 1.82) is 0 Å². The van der Waals surface area contributed by atoms with Crippen LogP contribution in [0.1, 0.15) is 20.8 Å². The number of carbonyl (C=O) groups excluding carboxylic acids is 1. The van der Waals surface area contributed by atoms with Crippen molar-refractivity contribution in [3.63, 3.8) is 0 Å². The number of nitrogens with one attached hydrogen (secondary N) is 1. The summed E-state index contributed by atoms with van der Waals surface area (Å²) in [6.45, 7) is 10.8. The lowest BCUT2D eigenvalue weighted by molar-refractivity contribution is -0.129. The van der Waals surface area contributed by atoms with Crippen molar-refractivity contribution in [2.45, 2.75) is 20.8 Å². The maximum absolute atomic E-state index is 11.6. The van der Waals surface area contributed by atoms with Gasteiger partial charge in [0.05, 0.1) is 6.67 Å². The molecule has 1 fully saturated rings. The van der Waals surface area contributed by atoms with Crippen LogP contribution in [0.15, 0.2) is 0 Å². The number of likely N-dealkylation sites (N-methyl/N-ethyl adjacent to an activating group) is 1. The first-order chi connectivity index (χ1) is 6.89. The summed E-state index contributed by atoms with van der Waals surface area (Å²) in [6.07, 6.45) is 0. The number of hydrogen-bond donors (Lipinski definition) is 1. The van der Waals surface area contributed by atoms with E-state index in [2.05, 4.69) is 22.2 Å². The van der Waals surface area contributed by atoms with Crippen LogP contribution in [0.4, 0.5) is 0 Å². The second kappa shape index (κ2) is 4.94. The van der Waals surface area contributed by atoms with Gasteiger partial charge in [-0.1, -0.05) is 20.8 Å². The Balaban J connectivity index is 2.23. The molecule has 0 saturated carbocycles. The molecule has 0 aromatic rings. The molecule has 0 aromatic carbocycles. The summed E-state index contributed by atoms with van der Waals surface area (Å²) in [5.41, 5.74) is -0.285. The largest absolute Gasteiger partial charge is 0.343 e. The fourth-order valence-electron chi connectivity index (χ4n) is 1.45. The molecule has 1 aliphatic rings. The van der Waals surface area contributed by atoms with Crippen molar-refractivity contribution in [3.05, 3.63) is 0 Å². The van der Waals surface area contributed by atoms with Gasteiger partial charge < -0.3 is 10.2 Å². The van der Waals surface area contributed by atoms with Crippen LogP contribution >= 0.6 is 0 Å². The van der Waals surface area contributed by atoms with Gasteiger partial charge in [-0.05, 0) is 7.05 Å². The highest BCUT2D eigenvalue weighted by molar-refractivity contribution is 5.81. The first kappa shape index (κ1) is 12.5. The van der Waals surface area contributed by atoms with E-state index in [-0.39, 0.29) is 11.3 Å². The Morgan fingerprint density at radius 2 is 1.73 bits per heavy atom. The van der Waals surface area contributed by atoms with Gasteiger partial charge in [-0.3, -0.25) is 9.69 Å². The Bertz CT molecular complexity index is 214. The fourth-order valence-corrected chi connectivity index (χ4v) is 1.45. The zero-order valence-corrected chi connectivity index (χ0v) is 10.3. The van der Waals surface area contributed by atoms with E-state index in [1.807, 2.05) is 20.8 Å². The summed E-state index contributed by atoms with van der Waals surface area (Å²) in [6, 6.07) is 0. The van der Waals surface area contributed by atoms with Crippen LogP contribution in [0.5, 0.6) is 0 Å². The number of carbonyl (C=O) groups is 1. The summed E-state index contributed by atoms with van der Waals surface area (Å²) in [5, 5.41) is 2.98. The molecule has 0 unspecified atom stereocenters. The van der Waals surface area contributed by atoms with Crippen LogP contribution in [-0.4, -0.2) is 55.6 Å². The molecule has 1 saturated heterocycles. The van der Waals surface area contributed by atoms with Gasteiger partial charge in [-0.15, -0.1) is 0 Å². The molecule has 0 spiro atoms. The van der Waals surface area contributed by atoms with Gasteiger partial charge in [-0.25, -0.2) is 0 Å². The minimum absolute atomic E-state index is 0.126. The third-order valence-corrected chi connectivity index (χ3v) is 2.74. The second-order valence-electron chi connectivity index (χ2n) is 5.34. The van der Waals surface area contributed by atoms with E-state index in [1.165, 1.54) is 0 Å². The first-order valence-electron chi connectivity index (χ1n) is 5.59. The van der Waals surface area contributed by atoms with Crippen LogP contribution in [0, 0.1) is 5.41 Å². The Morgan fingerprint density at radius 1 is 1.20 bits per heavy atom. The zero-order valence-electron chi connectivity index (χ0n) is 10.3. The van der Waals surface area contributed by atoms with Crippen molar-refractivity contribution in [1.82, 2.24) is 15.1 Å². The highest BCUT2D eigenvalue weighted by atomic mass is 16.2. The summed E-state index contributed by atoms with van der Waals surface area (Å²) in [5.74, 6) is 0.126. The normalized spacial score (nSPS) is 20.3. The number of amides is 1. The number of hydrogen-bond acceptors (Lipinski definition) is 3. The van der Waals surface area contributed by atoms with E-state index < -0.39 is 0 Å². The first-order valence-corrected chi connectivity index (χ1v) is 5.59. The Morgan fingerprint density at radius 3 is 2.20 bits per heavy atom. The minimum Gasteiger partial charge on any atom is -0.343 e. The third-order valence-electron chi connectivity index (χ3n) is 2.74. The molecule has 1 N–H and O–H groups in total. The van der Waals surface area contributed by atoms with Gasteiger partial charge in [0.2, 0.25) is 5.91 Å². The highest BCUT2D eigenvalue weighted by Crippen LogP contribution is 2.12. The van der Waals surface area contributed by atoms with Crippen LogP contribution in [0.3, 0.4) is 0 Å². The summed E-state index contributed by atoms with van der Waals surface area (Å²) in [4.78, 5) is 16.2. The molecule has 4 nitrogen and oxygen atoms in total. The molecule has 1 heterocycles. The van der Waals surface area contributed by atoms with Crippen molar-refractivity contribution >= 4 is 5.91 Å². The van der Waals surface area contributed by atoms with Crippen LogP contribution in [0.25, 0.3) is 0 Å². The summed E-state index contributed by atoms with van der Waals surface area (Å²) >= 11 is 0. The summed E-state index contributed by atoms with van der Waals surface area (Å²) in [7, 11) is 2.13. The van der Waals surface area contributed by atoms with Crippen molar-refractivity contribution < 1.29 is 4.79 Å². The molecule has 88 valence electrons. The maximum atomic E-state index is 11.6. The third kappa shape index (κ3) is 4.18. The fraction of sp³-hybridized carbons (Fsp3) is 0.909. The van der Waals surface area contributed by atoms with Gasteiger partial charge in [-0.2, -0.15) is 0 Å². The number of nitrogens with zero attached hydrogens (tertiary/aromatic N) is 2. The topological polar surface area (TPSA) is 35.6 Å². The molecule has 0 aliphatic carbocycles. The predicted molar refractivity (Wildman–Crippen MR) is 61.5 cm³/mol. The molecule has 1 rings (SSSR count). The van der Waals surface area contributed by atoms with Crippen LogP contribution < -0.4 is 5.32 Å². The molecule has 0 bridgehead atoms. The minimum atomic E-state index is -0.285. The smallest absolute Gasteiger partial charge is 0.226 e. The van der Waals surface area contributed by atoms with Crippen molar-refractivity contribution in [2.24, 2.45) is 5.41 Å². The van der Waals surface area contributed by atoms with E-state index in [0.717, 1.165) is 26.2 Å². The average molecular weight is 213 g/mol. The van der Waals surface area contributed by atoms with Crippen molar-refractivity contribution in [3.8, 4) is 0 Å². The molecule has 0 radical (unpaired) electrons. The SMILES string of the molecule is CN1CCN(CNC(=O)C(C)(C)C)CC1. The quantitative estimate of drug-likeness (QED) is 0.719. The molecular weight excluding hydrogens is 190 g/mol. The Hall–Kier alpha value is -0.610. The van der Waals surface area contributed by atoms with E-state index in [0.29, 0.717) is 6.67 Å². The molecule has 1 aliphatic heterocycles. The molecule has 1 amide bonds. The van der Waals surface area contributed by atoms with Gasteiger partial charge in [0, 0.05) is 31.6 Å². The van der Waals surface area contributed by atoms with Crippen molar-refractivity contribution in [2.75, 3.05) is 39.9 Å². The van der Waals surface area contributed by atoms with Gasteiger partial charge in [0.25, 0.3) is 0 Å². The standard InChI is InChI=1S/C11H23N3O/c1-11(2,3)10(15)12-9-14-7-5-13(4)6-8-14/h5-9H2,1-4H3,(H,12,15). The van der Waals surface area contributed by atoms with E-state index in [4.69, 9.17) is 0 Å². The molecule has 15 heavy (non-hydrogen) atoms. The Kier molecular flexibility index (Phi) is 4.11. The van der Waals surface area contributed by atoms with Crippen LogP contribution in [0.2, 0.25) is 0 Å². The Labute approximate surface area is 92.6 Å². The zero-order chi connectivity index (χ0) is 11.5. The number of piperazine rings is 1. The average Bonchev–Trinajstić information content (AvgIpc) is 2.15. The predicted octanol–water partition coefficient (Wildman–Crippen LogP) is 0.354. The molecule has 4 heteroatoms. The van der Waals surface area contributed by atoms with E-state index in [1.54, 1.807) is 0 Å². The lowest BCUT2D eigenvalue weighted by Gasteiger charge is -2.33. The van der Waals surface area contributed by atoms with Gasteiger partial charge >= 0.3 is 0 Å². The lowest BCUT2D eigenvalue weighted by atomic mass is 9.96.